The van der Waals surface area contributed by atoms with Gasteiger partial charge in [0.2, 0.25) is 0 Å². The molecule has 72 heavy (non-hydrogen) atoms. The molecule has 0 amide bonds. The molecule has 1 N–H and O–H groups in total. The molecule has 0 aromatic heterocycles. The second-order valence-electron chi connectivity index (χ2n) is 28.4. The van der Waals surface area contributed by atoms with Crippen molar-refractivity contribution < 1.29 is 28.8 Å². The van der Waals surface area contributed by atoms with Gasteiger partial charge in [-0.05, 0) is 166 Å². The molecule has 10 unspecified atom stereocenters. The third-order valence-electron chi connectivity index (χ3n) is 20.3. The van der Waals surface area contributed by atoms with Crippen LogP contribution in [0, 0.1) is 47.3 Å². The fraction of sp³-hybridized carbons (Fsp3) is 0.636. The van der Waals surface area contributed by atoms with Gasteiger partial charge in [-0.15, -0.1) is 0 Å². The molecule has 4 aliphatic heterocycles. The molecule has 4 heterocycles. The third-order valence-corrected chi connectivity index (χ3v) is 20.3. The average molecular weight is 975 g/mol. The smallest absolute Gasteiger partial charge is 0.126 e. The van der Waals surface area contributed by atoms with Crippen LogP contribution in [0.5, 0.6) is 11.5 Å². The number of hydrogen-bond donors (Lipinski definition) is 1. The normalized spacial score (nSPS) is 31.4. The van der Waals surface area contributed by atoms with E-state index in [2.05, 4.69) is 132 Å². The van der Waals surface area contributed by atoms with Crippen molar-refractivity contribution >= 4 is 0 Å². The van der Waals surface area contributed by atoms with E-state index in [1.54, 1.807) is 7.11 Å². The van der Waals surface area contributed by atoms with E-state index in [4.69, 9.17) is 23.7 Å². The zero-order valence-electron chi connectivity index (χ0n) is 46.3. The maximum atomic E-state index is 12.9. The maximum Gasteiger partial charge on any atom is 0.126 e. The Balaban J connectivity index is 1.08. The molecule has 5 saturated carbocycles. The van der Waals surface area contributed by atoms with Crippen LogP contribution in [0.25, 0.3) is 0 Å². The quantitative estimate of drug-likeness (QED) is 0.181. The topological polar surface area (TPSA) is 66.4 Å². The van der Waals surface area contributed by atoms with Crippen LogP contribution in [0.1, 0.15) is 180 Å². The van der Waals surface area contributed by atoms with Crippen molar-refractivity contribution in [1.29, 1.82) is 0 Å². The molecule has 7 fully saturated rings. The van der Waals surface area contributed by atoms with Crippen LogP contribution in [0.3, 0.4) is 0 Å². The summed E-state index contributed by atoms with van der Waals surface area (Å²) in [4.78, 5) is 0. The van der Waals surface area contributed by atoms with Crippen LogP contribution in [-0.2, 0) is 79.1 Å². The lowest BCUT2D eigenvalue weighted by Gasteiger charge is -2.48. The van der Waals surface area contributed by atoms with Crippen LogP contribution < -0.4 is 4.74 Å². The number of benzene rings is 4. The average Bonchev–Trinajstić information content (AvgIpc) is 3.98. The summed E-state index contributed by atoms with van der Waals surface area (Å²) in [5.41, 5.74) is 17.0. The number of phenolic OH excluding ortho intramolecular Hbond substituents is 1. The highest BCUT2D eigenvalue weighted by Crippen LogP contribution is 2.94. The summed E-state index contributed by atoms with van der Waals surface area (Å²) < 4.78 is 34.4. The number of fused-ring (bicyclic) bond motifs is 8. The highest BCUT2D eigenvalue weighted by molar-refractivity contribution is 5.58. The Hall–Kier alpha value is -3.68. The van der Waals surface area contributed by atoms with E-state index >= 15 is 0 Å². The number of methoxy groups -OCH3 is 1. The first-order chi connectivity index (χ1) is 34.0. The molecule has 14 rings (SSSR count). The number of rotatable bonds is 4. The molecule has 6 aliphatic carbocycles. The van der Waals surface area contributed by atoms with E-state index in [0.717, 1.165) is 104 Å². The number of aromatic hydroxyl groups is 1. The highest BCUT2D eigenvalue weighted by atomic mass is 16.6. The van der Waals surface area contributed by atoms with E-state index in [1.165, 1.54) is 73.2 Å². The second kappa shape index (κ2) is 16.9. The maximum absolute atomic E-state index is 12.9. The van der Waals surface area contributed by atoms with E-state index < -0.39 is 0 Å². The van der Waals surface area contributed by atoms with Gasteiger partial charge in [0, 0.05) is 58.8 Å². The lowest BCUT2D eigenvalue weighted by Crippen LogP contribution is -2.52. The van der Waals surface area contributed by atoms with Crippen molar-refractivity contribution in [3.05, 3.63) is 126 Å². The number of phenols is 1. The van der Waals surface area contributed by atoms with Crippen LogP contribution in [0.15, 0.2) is 48.5 Å². The molecular weight excluding hydrogens is 889 g/mol. The van der Waals surface area contributed by atoms with E-state index in [9.17, 15) is 5.11 Å². The summed E-state index contributed by atoms with van der Waals surface area (Å²) in [6.45, 7) is 31.8. The van der Waals surface area contributed by atoms with Gasteiger partial charge in [0.05, 0.1) is 31.0 Å². The lowest BCUT2D eigenvalue weighted by atomic mass is 9.54. The summed E-state index contributed by atoms with van der Waals surface area (Å²) in [5, 5.41) is 12.9. The lowest BCUT2D eigenvalue weighted by molar-refractivity contribution is -0.0957. The van der Waals surface area contributed by atoms with Crippen molar-refractivity contribution in [1.82, 2.24) is 0 Å². The monoisotopic (exact) mass is 975 g/mol. The third kappa shape index (κ3) is 7.57. The minimum absolute atomic E-state index is 0.00793. The van der Waals surface area contributed by atoms with Crippen molar-refractivity contribution in [2.75, 3.05) is 46.8 Å². The molecule has 14 bridgehead atoms. The van der Waals surface area contributed by atoms with Crippen LogP contribution in [0.4, 0.5) is 0 Å². The van der Waals surface area contributed by atoms with Gasteiger partial charge in [0.15, 0.2) is 0 Å². The Kier molecular flexibility index (Phi) is 11.6. The Morgan fingerprint density at radius 3 is 1.22 bits per heavy atom. The number of ether oxygens (including phenoxy) is 5. The van der Waals surface area contributed by atoms with Crippen LogP contribution >= 0.6 is 0 Å². The second-order valence-corrected chi connectivity index (χ2v) is 28.4. The molecule has 2 saturated heterocycles. The molecule has 0 radical (unpaired) electrons. The van der Waals surface area contributed by atoms with Gasteiger partial charge in [-0.1, -0.05) is 132 Å². The van der Waals surface area contributed by atoms with Crippen LogP contribution in [0.2, 0.25) is 0 Å². The summed E-state index contributed by atoms with van der Waals surface area (Å²) in [6.07, 6.45) is 7.76. The van der Waals surface area contributed by atoms with Gasteiger partial charge in [-0.3, -0.25) is 0 Å². The van der Waals surface area contributed by atoms with Gasteiger partial charge in [0.1, 0.15) is 18.1 Å². The molecule has 2 spiro atoms. The molecule has 6 nitrogen and oxygen atoms in total. The van der Waals surface area contributed by atoms with Crippen molar-refractivity contribution in [3.8, 4) is 11.5 Å². The fourth-order valence-electron chi connectivity index (χ4n) is 17.2. The van der Waals surface area contributed by atoms with Crippen LogP contribution in [-0.4, -0.2) is 63.1 Å². The zero-order valence-corrected chi connectivity index (χ0v) is 46.3. The van der Waals surface area contributed by atoms with Crippen molar-refractivity contribution in [2.24, 2.45) is 47.3 Å². The van der Waals surface area contributed by atoms with E-state index in [0.29, 0.717) is 56.9 Å². The Morgan fingerprint density at radius 2 is 0.847 bits per heavy atom. The van der Waals surface area contributed by atoms with Gasteiger partial charge in [0.25, 0.3) is 0 Å². The Bertz CT molecular complexity index is 2640. The van der Waals surface area contributed by atoms with Gasteiger partial charge in [-0.25, -0.2) is 0 Å². The number of hydrogen-bond acceptors (Lipinski definition) is 6. The standard InChI is InChI=1S/C66H86O6/c1-61(2,3)45-28-37-24-41-32-47(63(7,8)9)33-42(59(41)67)25-38-29-46(62(4,5)6)31-40-27-44-35-48(64(10,11)12)34-43(60(44)71-23-22-68-13)26-39(30-45)49(37)14-18-69-20-16-65-55-51-36-52-54-53(51)57(65)58(54)66(72-65,56(52)55)17-21-70-19-15-50(38)40/h28-35,51-58,67H,14-27,36H2,1-13H3. The molecule has 10 atom stereocenters. The molecular formula is C66H86O6. The Labute approximate surface area is 432 Å². The summed E-state index contributed by atoms with van der Waals surface area (Å²) in [6, 6.07) is 19.5. The minimum Gasteiger partial charge on any atom is -0.507 e. The van der Waals surface area contributed by atoms with Gasteiger partial charge >= 0.3 is 0 Å². The van der Waals surface area contributed by atoms with Gasteiger partial charge in [-0.2, -0.15) is 0 Å². The van der Waals surface area contributed by atoms with Crippen molar-refractivity contribution in [3.63, 3.8) is 0 Å². The fourth-order valence-corrected chi connectivity index (χ4v) is 17.2. The van der Waals surface area contributed by atoms with E-state index in [1.807, 2.05) is 0 Å². The summed E-state index contributed by atoms with van der Waals surface area (Å²) >= 11 is 0. The summed E-state index contributed by atoms with van der Waals surface area (Å²) in [7, 11) is 1.76. The van der Waals surface area contributed by atoms with Gasteiger partial charge < -0.3 is 28.8 Å². The predicted octanol–water partition coefficient (Wildman–Crippen LogP) is 13.1. The predicted molar refractivity (Wildman–Crippen MR) is 288 cm³/mol. The zero-order chi connectivity index (χ0) is 50.7. The molecule has 6 heteroatoms. The minimum atomic E-state index is -0.123. The first-order valence-corrected chi connectivity index (χ1v) is 28.3. The summed E-state index contributed by atoms with van der Waals surface area (Å²) in [5.74, 6) is 7.79. The van der Waals surface area contributed by atoms with E-state index in [-0.39, 0.29) is 32.9 Å². The largest absolute Gasteiger partial charge is 0.507 e. The first kappa shape index (κ1) is 49.2. The molecule has 386 valence electrons. The first-order valence-electron chi connectivity index (χ1n) is 28.3. The molecule has 10 aliphatic rings. The molecule has 4 aromatic carbocycles. The Morgan fingerprint density at radius 1 is 0.486 bits per heavy atom. The molecule has 4 aromatic rings. The van der Waals surface area contributed by atoms with Crippen molar-refractivity contribution in [2.45, 2.75) is 174 Å². The highest BCUT2D eigenvalue weighted by Gasteiger charge is 2.96. The SMILES string of the molecule is COCCOc1c2cc(C(C)(C)C)cc1Cc1cc(C(C)(C)C)cc3c1CCOCCC14OC5(CCOCCc6c(cc(C(C)(C)C)cc6C2)Cc2cc(C(C)(C)C)cc(c2O)C3)C2C3CC(C6C3C5C61)C24.